The van der Waals surface area contributed by atoms with Crippen LogP contribution in [0.1, 0.15) is 12.8 Å². The summed E-state index contributed by atoms with van der Waals surface area (Å²) in [5.41, 5.74) is 0. The standard InChI is InChI=1S/C13H18BrNO2/c1-15-7-5-11(6-8-15)17-13-9-10(14)3-4-12(13)16-2/h3-4,9,11H,5-8H2,1-2H3. The Morgan fingerprint density at radius 2 is 1.94 bits per heavy atom. The molecular weight excluding hydrogens is 282 g/mol. The van der Waals surface area contributed by atoms with Gasteiger partial charge in [-0.1, -0.05) is 15.9 Å². The van der Waals surface area contributed by atoms with E-state index in [0.29, 0.717) is 6.10 Å². The molecule has 1 aliphatic heterocycles. The van der Waals surface area contributed by atoms with Gasteiger partial charge in [0.1, 0.15) is 6.10 Å². The molecule has 2 rings (SSSR count). The van der Waals surface area contributed by atoms with E-state index >= 15 is 0 Å². The molecule has 3 nitrogen and oxygen atoms in total. The summed E-state index contributed by atoms with van der Waals surface area (Å²) in [4.78, 5) is 2.33. The van der Waals surface area contributed by atoms with Crippen LogP contribution in [0.5, 0.6) is 11.5 Å². The SMILES string of the molecule is COc1ccc(Br)cc1OC1CCN(C)CC1. The molecule has 1 aromatic rings. The number of methoxy groups -OCH3 is 1. The normalized spacial score (nSPS) is 18.1. The molecule has 1 fully saturated rings. The number of rotatable bonds is 3. The second-order valence-electron chi connectivity index (χ2n) is 4.42. The lowest BCUT2D eigenvalue weighted by atomic mass is 10.1. The lowest BCUT2D eigenvalue weighted by molar-refractivity contribution is 0.111. The van der Waals surface area contributed by atoms with Gasteiger partial charge in [0.25, 0.3) is 0 Å². The third-order valence-electron chi connectivity index (χ3n) is 3.08. The van der Waals surface area contributed by atoms with Crippen molar-refractivity contribution in [2.24, 2.45) is 0 Å². The summed E-state index contributed by atoms with van der Waals surface area (Å²) in [6.07, 6.45) is 2.45. The number of hydrogen-bond donors (Lipinski definition) is 0. The summed E-state index contributed by atoms with van der Waals surface area (Å²) in [6, 6.07) is 5.85. The van der Waals surface area contributed by atoms with Gasteiger partial charge in [0.2, 0.25) is 0 Å². The summed E-state index contributed by atoms with van der Waals surface area (Å²) in [5, 5.41) is 0. The number of ether oxygens (including phenoxy) is 2. The molecule has 0 aliphatic carbocycles. The molecule has 0 amide bonds. The first-order chi connectivity index (χ1) is 8.19. The third kappa shape index (κ3) is 3.36. The average Bonchev–Trinajstić information content (AvgIpc) is 2.32. The molecule has 0 atom stereocenters. The highest BCUT2D eigenvalue weighted by molar-refractivity contribution is 9.10. The molecule has 1 aromatic carbocycles. The largest absolute Gasteiger partial charge is 0.493 e. The fourth-order valence-electron chi connectivity index (χ4n) is 2.02. The molecule has 0 N–H and O–H groups in total. The van der Waals surface area contributed by atoms with Crippen molar-refractivity contribution in [1.82, 2.24) is 4.90 Å². The Hall–Kier alpha value is -0.740. The predicted octanol–water partition coefficient (Wildman–Crippen LogP) is 2.93. The molecule has 0 unspecified atom stereocenters. The topological polar surface area (TPSA) is 21.7 Å². The van der Waals surface area contributed by atoms with Crippen LogP contribution in [0.25, 0.3) is 0 Å². The van der Waals surface area contributed by atoms with E-state index in [9.17, 15) is 0 Å². The van der Waals surface area contributed by atoms with Gasteiger partial charge in [-0.05, 0) is 38.1 Å². The van der Waals surface area contributed by atoms with Crippen molar-refractivity contribution in [3.63, 3.8) is 0 Å². The van der Waals surface area contributed by atoms with Crippen molar-refractivity contribution in [1.29, 1.82) is 0 Å². The lowest BCUT2D eigenvalue weighted by Gasteiger charge is -2.29. The minimum absolute atomic E-state index is 0.300. The summed E-state index contributed by atoms with van der Waals surface area (Å²) < 4.78 is 12.3. The molecule has 94 valence electrons. The van der Waals surface area contributed by atoms with Crippen LogP contribution in [0.2, 0.25) is 0 Å². The molecule has 0 aromatic heterocycles. The lowest BCUT2D eigenvalue weighted by Crippen LogP contribution is -2.35. The quantitative estimate of drug-likeness (QED) is 0.856. The Kier molecular flexibility index (Phi) is 4.29. The maximum atomic E-state index is 6.02. The van der Waals surface area contributed by atoms with E-state index in [2.05, 4.69) is 27.9 Å². The van der Waals surface area contributed by atoms with Crippen LogP contribution in [0.4, 0.5) is 0 Å². The van der Waals surface area contributed by atoms with Crippen LogP contribution in [0.15, 0.2) is 22.7 Å². The highest BCUT2D eigenvalue weighted by Crippen LogP contribution is 2.32. The van der Waals surface area contributed by atoms with Crippen LogP contribution in [0.3, 0.4) is 0 Å². The second-order valence-corrected chi connectivity index (χ2v) is 5.33. The van der Waals surface area contributed by atoms with Crippen LogP contribution in [-0.2, 0) is 0 Å². The number of halogens is 1. The number of piperidine rings is 1. The molecule has 1 aliphatic rings. The van der Waals surface area contributed by atoms with Crippen LogP contribution < -0.4 is 9.47 Å². The average molecular weight is 300 g/mol. The molecule has 0 bridgehead atoms. The zero-order valence-electron chi connectivity index (χ0n) is 10.3. The van der Waals surface area contributed by atoms with E-state index < -0.39 is 0 Å². The summed E-state index contributed by atoms with van der Waals surface area (Å²) in [7, 11) is 3.82. The van der Waals surface area contributed by atoms with E-state index in [1.54, 1.807) is 7.11 Å². The molecule has 0 spiro atoms. The van der Waals surface area contributed by atoms with Gasteiger partial charge in [0, 0.05) is 17.6 Å². The Morgan fingerprint density at radius 1 is 1.24 bits per heavy atom. The highest BCUT2D eigenvalue weighted by atomic mass is 79.9. The maximum absolute atomic E-state index is 6.02. The molecule has 1 saturated heterocycles. The molecule has 1 heterocycles. The minimum Gasteiger partial charge on any atom is -0.493 e. The second kappa shape index (κ2) is 5.74. The molecule has 0 saturated carbocycles. The number of hydrogen-bond acceptors (Lipinski definition) is 3. The summed E-state index contributed by atoms with van der Waals surface area (Å²) >= 11 is 3.46. The Morgan fingerprint density at radius 3 is 2.59 bits per heavy atom. The first-order valence-electron chi connectivity index (χ1n) is 5.88. The van der Waals surface area contributed by atoms with Crippen molar-refractivity contribution < 1.29 is 9.47 Å². The van der Waals surface area contributed by atoms with Crippen LogP contribution in [-0.4, -0.2) is 38.3 Å². The van der Waals surface area contributed by atoms with Gasteiger partial charge < -0.3 is 14.4 Å². The van der Waals surface area contributed by atoms with Crippen LogP contribution in [0, 0.1) is 0 Å². The van der Waals surface area contributed by atoms with Gasteiger partial charge in [-0.25, -0.2) is 0 Å². The van der Waals surface area contributed by atoms with Gasteiger partial charge >= 0.3 is 0 Å². The fraction of sp³-hybridized carbons (Fsp3) is 0.538. The Labute approximate surface area is 111 Å². The van der Waals surface area contributed by atoms with E-state index in [1.807, 2.05) is 18.2 Å². The van der Waals surface area contributed by atoms with Crippen molar-refractivity contribution >= 4 is 15.9 Å². The van der Waals surface area contributed by atoms with Gasteiger partial charge in [-0.15, -0.1) is 0 Å². The van der Waals surface area contributed by atoms with Gasteiger partial charge in [0.05, 0.1) is 7.11 Å². The van der Waals surface area contributed by atoms with Crippen molar-refractivity contribution in [2.45, 2.75) is 18.9 Å². The van der Waals surface area contributed by atoms with Gasteiger partial charge in [-0.2, -0.15) is 0 Å². The predicted molar refractivity (Wildman–Crippen MR) is 71.8 cm³/mol. The van der Waals surface area contributed by atoms with Crippen molar-refractivity contribution in [2.75, 3.05) is 27.2 Å². The first-order valence-corrected chi connectivity index (χ1v) is 6.67. The highest BCUT2D eigenvalue weighted by Gasteiger charge is 2.19. The van der Waals surface area contributed by atoms with Gasteiger partial charge in [-0.3, -0.25) is 0 Å². The van der Waals surface area contributed by atoms with E-state index in [0.717, 1.165) is 41.9 Å². The molecule has 0 radical (unpaired) electrons. The van der Waals surface area contributed by atoms with Crippen molar-refractivity contribution in [3.8, 4) is 11.5 Å². The Bertz CT molecular complexity index is 376. The molecular formula is C13H18BrNO2. The fourth-order valence-corrected chi connectivity index (χ4v) is 2.37. The van der Waals surface area contributed by atoms with E-state index in [4.69, 9.17) is 9.47 Å². The maximum Gasteiger partial charge on any atom is 0.162 e. The Balaban J connectivity index is 2.04. The third-order valence-corrected chi connectivity index (χ3v) is 3.58. The smallest absolute Gasteiger partial charge is 0.162 e. The zero-order chi connectivity index (χ0) is 12.3. The summed E-state index contributed by atoms with van der Waals surface area (Å²) in [6.45, 7) is 2.20. The molecule has 4 heteroatoms. The zero-order valence-corrected chi connectivity index (χ0v) is 11.9. The van der Waals surface area contributed by atoms with Crippen molar-refractivity contribution in [3.05, 3.63) is 22.7 Å². The van der Waals surface area contributed by atoms with Crippen LogP contribution >= 0.6 is 15.9 Å². The first kappa shape index (κ1) is 12.7. The minimum atomic E-state index is 0.300. The number of likely N-dealkylation sites (tertiary alicyclic amines) is 1. The van der Waals surface area contributed by atoms with E-state index in [-0.39, 0.29) is 0 Å². The number of nitrogens with zero attached hydrogens (tertiary/aromatic N) is 1. The van der Waals surface area contributed by atoms with E-state index in [1.165, 1.54) is 0 Å². The molecule has 17 heavy (non-hydrogen) atoms. The van der Waals surface area contributed by atoms with Gasteiger partial charge in [0.15, 0.2) is 11.5 Å². The summed E-state index contributed by atoms with van der Waals surface area (Å²) in [5.74, 6) is 1.63. The monoisotopic (exact) mass is 299 g/mol. The number of benzene rings is 1.